The third kappa shape index (κ3) is 1.37. The van der Waals surface area contributed by atoms with Crippen LogP contribution >= 0.6 is 0 Å². The maximum Gasteiger partial charge on any atom is 0.123 e. The highest BCUT2D eigenvalue weighted by Crippen LogP contribution is 2.26. The van der Waals surface area contributed by atoms with Crippen LogP contribution in [-0.2, 0) is 0 Å². The standard InChI is InChI=1S/C9H15N3/c1-12-7-3-2-4-8(12)9-10-5-6-11-9/h5-6,8H,2-4,7H2,1H3,(H,10,11). The zero-order valence-electron chi connectivity index (χ0n) is 7.45. The van der Waals surface area contributed by atoms with Gasteiger partial charge in [-0.25, -0.2) is 4.98 Å². The fourth-order valence-corrected chi connectivity index (χ4v) is 1.88. The van der Waals surface area contributed by atoms with Gasteiger partial charge >= 0.3 is 0 Å². The second-order valence-electron chi connectivity index (χ2n) is 3.47. The molecule has 0 saturated carbocycles. The van der Waals surface area contributed by atoms with Gasteiger partial charge in [-0.2, -0.15) is 0 Å². The largest absolute Gasteiger partial charge is 0.347 e. The number of likely N-dealkylation sites (tertiary alicyclic amines) is 1. The Morgan fingerprint density at radius 2 is 2.50 bits per heavy atom. The zero-order chi connectivity index (χ0) is 8.39. The summed E-state index contributed by atoms with van der Waals surface area (Å²) >= 11 is 0. The van der Waals surface area contributed by atoms with E-state index in [0.29, 0.717) is 6.04 Å². The molecule has 1 aromatic rings. The van der Waals surface area contributed by atoms with Gasteiger partial charge in [0.15, 0.2) is 0 Å². The van der Waals surface area contributed by atoms with E-state index in [4.69, 9.17) is 0 Å². The first-order valence-electron chi connectivity index (χ1n) is 4.57. The summed E-state index contributed by atoms with van der Waals surface area (Å²) in [6.07, 6.45) is 7.63. The van der Waals surface area contributed by atoms with Crippen LogP contribution in [0.2, 0.25) is 0 Å². The molecule has 2 rings (SSSR count). The normalized spacial score (nSPS) is 25.9. The first kappa shape index (κ1) is 7.80. The monoisotopic (exact) mass is 165 g/mol. The molecule has 3 heteroatoms. The lowest BCUT2D eigenvalue weighted by molar-refractivity contribution is 0.180. The molecule has 1 fully saturated rings. The molecule has 0 aliphatic carbocycles. The minimum atomic E-state index is 0.522. The maximum atomic E-state index is 4.29. The van der Waals surface area contributed by atoms with E-state index >= 15 is 0 Å². The zero-order valence-corrected chi connectivity index (χ0v) is 7.45. The second kappa shape index (κ2) is 3.27. The lowest BCUT2D eigenvalue weighted by Gasteiger charge is -2.30. The molecule has 1 aliphatic rings. The van der Waals surface area contributed by atoms with Crippen LogP contribution in [-0.4, -0.2) is 28.5 Å². The van der Waals surface area contributed by atoms with E-state index in [0.717, 1.165) is 5.82 Å². The van der Waals surface area contributed by atoms with Crippen molar-refractivity contribution >= 4 is 0 Å². The predicted octanol–water partition coefficient (Wildman–Crippen LogP) is 1.57. The number of H-pyrrole nitrogens is 1. The Balaban J connectivity index is 2.11. The first-order valence-corrected chi connectivity index (χ1v) is 4.57. The Morgan fingerprint density at radius 1 is 1.58 bits per heavy atom. The van der Waals surface area contributed by atoms with E-state index < -0.39 is 0 Å². The summed E-state index contributed by atoms with van der Waals surface area (Å²) < 4.78 is 0. The minimum Gasteiger partial charge on any atom is -0.347 e. The second-order valence-corrected chi connectivity index (χ2v) is 3.47. The molecule has 0 bridgehead atoms. The number of nitrogens with one attached hydrogen (secondary N) is 1. The summed E-state index contributed by atoms with van der Waals surface area (Å²) in [7, 11) is 2.17. The molecular formula is C9H15N3. The number of aromatic amines is 1. The van der Waals surface area contributed by atoms with Crippen LogP contribution in [0.15, 0.2) is 12.4 Å². The van der Waals surface area contributed by atoms with Gasteiger partial charge in [0, 0.05) is 12.4 Å². The van der Waals surface area contributed by atoms with E-state index in [1.54, 1.807) is 0 Å². The maximum absolute atomic E-state index is 4.29. The molecule has 3 nitrogen and oxygen atoms in total. The summed E-state index contributed by atoms with van der Waals surface area (Å²) in [4.78, 5) is 9.85. The van der Waals surface area contributed by atoms with Crippen LogP contribution in [0.3, 0.4) is 0 Å². The van der Waals surface area contributed by atoms with Crippen molar-refractivity contribution in [2.75, 3.05) is 13.6 Å². The third-order valence-electron chi connectivity index (χ3n) is 2.61. The van der Waals surface area contributed by atoms with Gasteiger partial charge in [-0.15, -0.1) is 0 Å². The van der Waals surface area contributed by atoms with E-state index in [1.807, 2.05) is 12.4 Å². The van der Waals surface area contributed by atoms with Gasteiger partial charge in [0.05, 0.1) is 6.04 Å². The Hall–Kier alpha value is -0.830. The highest BCUT2D eigenvalue weighted by Gasteiger charge is 2.21. The first-order chi connectivity index (χ1) is 5.88. The van der Waals surface area contributed by atoms with E-state index in [-0.39, 0.29) is 0 Å². The van der Waals surface area contributed by atoms with Gasteiger partial charge in [-0.3, -0.25) is 4.90 Å². The molecule has 1 aromatic heterocycles. The number of hydrogen-bond acceptors (Lipinski definition) is 2. The SMILES string of the molecule is CN1CCCCC1c1ncc[nH]1. The third-order valence-corrected chi connectivity index (χ3v) is 2.61. The van der Waals surface area contributed by atoms with Crippen molar-refractivity contribution in [3.05, 3.63) is 18.2 Å². The number of hydrogen-bond donors (Lipinski definition) is 1. The van der Waals surface area contributed by atoms with Crippen molar-refractivity contribution in [3.8, 4) is 0 Å². The number of aromatic nitrogens is 2. The Kier molecular flexibility index (Phi) is 2.13. The molecule has 66 valence electrons. The average molecular weight is 165 g/mol. The van der Waals surface area contributed by atoms with Crippen molar-refractivity contribution in [2.45, 2.75) is 25.3 Å². The molecule has 1 N–H and O–H groups in total. The van der Waals surface area contributed by atoms with Crippen molar-refractivity contribution < 1.29 is 0 Å². The summed E-state index contributed by atoms with van der Waals surface area (Å²) in [6.45, 7) is 1.20. The topological polar surface area (TPSA) is 31.9 Å². The highest BCUT2D eigenvalue weighted by atomic mass is 15.2. The fraction of sp³-hybridized carbons (Fsp3) is 0.667. The molecule has 12 heavy (non-hydrogen) atoms. The number of rotatable bonds is 1. The molecule has 2 heterocycles. The van der Waals surface area contributed by atoms with Crippen LogP contribution < -0.4 is 0 Å². The molecule has 0 spiro atoms. The predicted molar refractivity (Wildman–Crippen MR) is 47.8 cm³/mol. The Labute approximate surface area is 72.8 Å². The Morgan fingerprint density at radius 3 is 3.17 bits per heavy atom. The number of imidazole rings is 1. The summed E-state index contributed by atoms with van der Waals surface area (Å²) in [5, 5.41) is 0. The molecular weight excluding hydrogens is 150 g/mol. The van der Waals surface area contributed by atoms with Crippen LogP contribution in [0.5, 0.6) is 0 Å². The van der Waals surface area contributed by atoms with Gasteiger partial charge in [0.25, 0.3) is 0 Å². The van der Waals surface area contributed by atoms with Gasteiger partial charge in [-0.05, 0) is 26.4 Å². The minimum absolute atomic E-state index is 0.522. The number of piperidine rings is 1. The van der Waals surface area contributed by atoms with Crippen molar-refractivity contribution in [1.82, 2.24) is 14.9 Å². The van der Waals surface area contributed by atoms with E-state index in [2.05, 4.69) is 21.9 Å². The van der Waals surface area contributed by atoms with Crippen molar-refractivity contribution in [1.29, 1.82) is 0 Å². The van der Waals surface area contributed by atoms with Crippen LogP contribution in [0.4, 0.5) is 0 Å². The van der Waals surface area contributed by atoms with Gasteiger partial charge in [0.2, 0.25) is 0 Å². The lowest BCUT2D eigenvalue weighted by Crippen LogP contribution is -2.30. The molecule has 0 amide bonds. The fourth-order valence-electron chi connectivity index (χ4n) is 1.88. The molecule has 1 aliphatic heterocycles. The quantitative estimate of drug-likeness (QED) is 0.685. The van der Waals surface area contributed by atoms with Gasteiger partial charge in [-0.1, -0.05) is 6.42 Å². The van der Waals surface area contributed by atoms with Crippen LogP contribution in [0.25, 0.3) is 0 Å². The van der Waals surface area contributed by atoms with Gasteiger partial charge in [0.1, 0.15) is 5.82 Å². The molecule has 0 radical (unpaired) electrons. The molecule has 0 aromatic carbocycles. The molecule has 1 unspecified atom stereocenters. The molecule has 1 saturated heterocycles. The smallest absolute Gasteiger partial charge is 0.123 e. The van der Waals surface area contributed by atoms with Crippen LogP contribution in [0, 0.1) is 0 Å². The average Bonchev–Trinajstić information content (AvgIpc) is 2.57. The van der Waals surface area contributed by atoms with E-state index in [9.17, 15) is 0 Å². The van der Waals surface area contributed by atoms with Gasteiger partial charge < -0.3 is 4.98 Å². The highest BCUT2D eigenvalue weighted by molar-refractivity contribution is 4.97. The summed E-state index contributed by atoms with van der Waals surface area (Å²) in [5.74, 6) is 1.12. The van der Waals surface area contributed by atoms with Crippen molar-refractivity contribution in [2.24, 2.45) is 0 Å². The van der Waals surface area contributed by atoms with Crippen molar-refractivity contribution in [3.63, 3.8) is 0 Å². The molecule has 1 atom stereocenters. The lowest BCUT2D eigenvalue weighted by atomic mass is 10.0. The Bertz CT molecular complexity index is 230. The van der Waals surface area contributed by atoms with E-state index in [1.165, 1.54) is 25.8 Å². The summed E-state index contributed by atoms with van der Waals surface area (Å²) in [6, 6.07) is 0.522. The summed E-state index contributed by atoms with van der Waals surface area (Å²) in [5.41, 5.74) is 0. The van der Waals surface area contributed by atoms with Crippen LogP contribution in [0.1, 0.15) is 31.1 Å². The number of nitrogens with zero attached hydrogens (tertiary/aromatic N) is 2.